The second-order valence-corrected chi connectivity index (χ2v) is 5.23. The van der Waals surface area contributed by atoms with Gasteiger partial charge in [0.1, 0.15) is 0 Å². The zero-order valence-corrected chi connectivity index (χ0v) is 12.7. The van der Waals surface area contributed by atoms with Gasteiger partial charge in [0.15, 0.2) is 0 Å². The van der Waals surface area contributed by atoms with Crippen LogP contribution in [0.1, 0.15) is 58.5 Å². The molecule has 22 heavy (non-hydrogen) atoms. The Morgan fingerprint density at radius 3 is 1.45 bits per heavy atom. The zero-order valence-electron chi connectivity index (χ0n) is 12.7. The molecule has 0 amide bonds. The Morgan fingerprint density at radius 2 is 1.23 bits per heavy atom. The molecule has 0 heterocycles. The van der Waals surface area contributed by atoms with E-state index in [1.165, 1.54) is 0 Å². The predicted octanol–water partition coefficient (Wildman–Crippen LogP) is -0.960. The topological polar surface area (TPSA) is 121 Å². The third kappa shape index (κ3) is 4.29. The van der Waals surface area contributed by atoms with E-state index in [0.717, 1.165) is 12.1 Å². The number of carbonyl (C=O) groups excluding carboxylic acids is 2. The van der Waals surface area contributed by atoms with Gasteiger partial charge in [-0.3, -0.25) is 0 Å². The van der Waals surface area contributed by atoms with Gasteiger partial charge in [-0.15, -0.1) is 0 Å². The van der Waals surface area contributed by atoms with Gasteiger partial charge in [0.05, 0.1) is 24.1 Å². The summed E-state index contributed by atoms with van der Waals surface area (Å²) in [6, 6.07) is 2.28. The second kappa shape index (κ2) is 7.91. The van der Waals surface area contributed by atoms with Gasteiger partial charge in [0.2, 0.25) is 0 Å². The Hall–Kier alpha value is -1.92. The molecule has 0 bridgehead atoms. The standard InChI is InChI=1S/C16H22O6/c1-3-9(17)7-13-11(15(19)20)5-6-12(16(21)22)14(13)8-10(18)4-2/h5-6,9-10,17-18H,3-4,7-8H2,1-2H3,(H,19,20)(H,21,22)/p-2. The molecule has 0 aliphatic heterocycles. The molecule has 2 atom stereocenters. The van der Waals surface area contributed by atoms with E-state index in [1.807, 2.05) is 0 Å². The van der Waals surface area contributed by atoms with Gasteiger partial charge in [-0.1, -0.05) is 26.0 Å². The number of carbonyl (C=O) groups is 2. The Kier molecular flexibility index (Phi) is 6.52. The minimum absolute atomic E-state index is 0.0211. The van der Waals surface area contributed by atoms with Crippen molar-refractivity contribution in [2.24, 2.45) is 0 Å². The van der Waals surface area contributed by atoms with E-state index in [0.29, 0.717) is 12.8 Å². The highest BCUT2D eigenvalue weighted by molar-refractivity contribution is 5.93. The normalized spacial score (nSPS) is 13.6. The third-order valence-electron chi connectivity index (χ3n) is 3.69. The summed E-state index contributed by atoms with van der Waals surface area (Å²) in [5.41, 5.74) is 0.0266. The van der Waals surface area contributed by atoms with Crippen molar-refractivity contribution in [1.82, 2.24) is 0 Å². The lowest BCUT2D eigenvalue weighted by molar-refractivity contribution is -0.256. The number of aliphatic hydroxyl groups is 2. The van der Waals surface area contributed by atoms with Crippen LogP contribution in [0.2, 0.25) is 0 Å². The monoisotopic (exact) mass is 308 g/mol. The Labute approximate surface area is 129 Å². The first-order chi connectivity index (χ1) is 10.3. The van der Waals surface area contributed by atoms with Crippen LogP contribution in [0.5, 0.6) is 0 Å². The predicted molar refractivity (Wildman–Crippen MR) is 75.1 cm³/mol. The first-order valence-electron chi connectivity index (χ1n) is 7.25. The van der Waals surface area contributed by atoms with Crippen molar-refractivity contribution in [2.45, 2.75) is 51.7 Å². The fraction of sp³-hybridized carbons (Fsp3) is 0.500. The van der Waals surface area contributed by atoms with Gasteiger partial charge in [0.25, 0.3) is 0 Å². The number of aromatic carboxylic acids is 2. The lowest BCUT2D eigenvalue weighted by atomic mass is 9.88. The molecule has 2 N–H and O–H groups in total. The van der Waals surface area contributed by atoms with Crippen LogP contribution in [-0.2, 0) is 12.8 Å². The van der Waals surface area contributed by atoms with Crippen molar-refractivity contribution >= 4 is 11.9 Å². The van der Waals surface area contributed by atoms with Gasteiger partial charge in [0, 0.05) is 11.1 Å². The van der Waals surface area contributed by atoms with Crippen LogP contribution in [0.15, 0.2) is 12.1 Å². The van der Waals surface area contributed by atoms with Crippen molar-refractivity contribution in [2.75, 3.05) is 0 Å². The molecule has 0 saturated carbocycles. The van der Waals surface area contributed by atoms with Crippen molar-refractivity contribution in [3.05, 3.63) is 34.4 Å². The lowest BCUT2D eigenvalue weighted by Gasteiger charge is -2.23. The van der Waals surface area contributed by atoms with Crippen molar-refractivity contribution in [3.8, 4) is 0 Å². The summed E-state index contributed by atoms with van der Waals surface area (Å²) in [4.78, 5) is 22.5. The average molecular weight is 308 g/mol. The summed E-state index contributed by atoms with van der Waals surface area (Å²) < 4.78 is 0. The van der Waals surface area contributed by atoms with E-state index in [9.17, 15) is 30.0 Å². The number of rotatable bonds is 8. The summed E-state index contributed by atoms with van der Waals surface area (Å²) in [6.07, 6.45) is -0.894. The van der Waals surface area contributed by atoms with Gasteiger partial charge >= 0.3 is 0 Å². The number of aliphatic hydroxyl groups excluding tert-OH is 2. The van der Waals surface area contributed by atoms with Crippen LogP contribution in [-0.4, -0.2) is 34.4 Å². The highest BCUT2D eigenvalue weighted by atomic mass is 16.4. The van der Waals surface area contributed by atoms with E-state index in [-0.39, 0.29) is 35.1 Å². The van der Waals surface area contributed by atoms with Crippen molar-refractivity contribution in [3.63, 3.8) is 0 Å². The Balaban J connectivity index is 3.50. The van der Waals surface area contributed by atoms with Crippen LogP contribution in [0, 0.1) is 0 Å². The molecule has 6 nitrogen and oxygen atoms in total. The first-order valence-corrected chi connectivity index (χ1v) is 7.25. The quantitative estimate of drug-likeness (QED) is 0.638. The summed E-state index contributed by atoms with van der Waals surface area (Å²) in [5, 5.41) is 42.2. The SMILES string of the molecule is CCC(O)Cc1c(C(=O)[O-])ccc(C(=O)[O-])c1CC(O)CC. The van der Waals surface area contributed by atoms with Crippen molar-refractivity contribution in [1.29, 1.82) is 0 Å². The molecule has 1 aromatic rings. The number of carboxylic acid groups (broad SMARTS) is 2. The molecular formula is C16H20O6-2. The third-order valence-corrected chi connectivity index (χ3v) is 3.69. The fourth-order valence-electron chi connectivity index (χ4n) is 2.30. The molecule has 6 heteroatoms. The molecule has 2 unspecified atom stereocenters. The van der Waals surface area contributed by atoms with E-state index in [1.54, 1.807) is 13.8 Å². The maximum absolute atomic E-state index is 11.3. The van der Waals surface area contributed by atoms with Gasteiger partial charge in [-0.25, -0.2) is 0 Å². The maximum Gasteiger partial charge on any atom is 0.0718 e. The van der Waals surface area contributed by atoms with E-state index in [2.05, 4.69) is 0 Å². The molecule has 0 saturated heterocycles. The summed E-state index contributed by atoms with van der Waals surface area (Å²) in [5.74, 6) is -2.90. The minimum atomic E-state index is -1.45. The van der Waals surface area contributed by atoms with Crippen LogP contribution in [0.25, 0.3) is 0 Å². The highest BCUT2D eigenvalue weighted by Crippen LogP contribution is 2.24. The van der Waals surface area contributed by atoms with Gasteiger partial charge in [-0.2, -0.15) is 0 Å². The molecule has 0 spiro atoms. The highest BCUT2D eigenvalue weighted by Gasteiger charge is 2.19. The zero-order chi connectivity index (χ0) is 16.9. The first kappa shape index (κ1) is 18.1. The average Bonchev–Trinajstić information content (AvgIpc) is 2.47. The molecule has 122 valence electrons. The number of hydrogen-bond acceptors (Lipinski definition) is 6. The van der Waals surface area contributed by atoms with E-state index >= 15 is 0 Å². The lowest BCUT2D eigenvalue weighted by Crippen LogP contribution is -2.30. The number of carboxylic acids is 2. The molecule has 0 aromatic heterocycles. The van der Waals surface area contributed by atoms with Crippen molar-refractivity contribution < 1.29 is 30.0 Å². The molecule has 1 rings (SSSR count). The van der Waals surface area contributed by atoms with E-state index in [4.69, 9.17) is 0 Å². The van der Waals surface area contributed by atoms with Gasteiger partial charge in [-0.05, 0) is 36.8 Å². The molecule has 0 radical (unpaired) electrons. The van der Waals surface area contributed by atoms with Gasteiger partial charge < -0.3 is 30.0 Å². The summed E-state index contributed by atoms with van der Waals surface area (Å²) in [7, 11) is 0. The number of benzene rings is 1. The van der Waals surface area contributed by atoms with Crippen LogP contribution >= 0.6 is 0 Å². The Bertz CT molecular complexity index is 503. The molecule has 0 fully saturated rings. The molecule has 0 aliphatic carbocycles. The smallest absolute Gasteiger partial charge is 0.0718 e. The Morgan fingerprint density at radius 1 is 0.909 bits per heavy atom. The summed E-state index contributed by atoms with van der Waals surface area (Å²) >= 11 is 0. The minimum Gasteiger partial charge on any atom is -0.545 e. The fourth-order valence-corrected chi connectivity index (χ4v) is 2.30. The molecular weight excluding hydrogens is 288 g/mol. The summed E-state index contributed by atoms with van der Waals surface area (Å²) in [6.45, 7) is 3.46. The van der Waals surface area contributed by atoms with Crippen LogP contribution in [0.3, 0.4) is 0 Å². The largest absolute Gasteiger partial charge is 0.545 e. The number of hydrogen-bond donors (Lipinski definition) is 2. The van der Waals surface area contributed by atoms with Crippen LogP contribution in [0.4, 0.5) is 0 Å². The van der Waals surface area contributed by atoms with Crippen LogP contribution < -0.4 is 10.2 Å². The second-order valence-electron chi connectivity index (χ2n) is 5.23. The van der Waals surface area contributed by atoms with E-state index < -0.39 is 24.1 Å². The molecule has 1 aromatic carbocycles. The molecule has 0 aliphatic rings. The maximum atomic E-state index is 11.3.